The van der Waals surface area contributed by atoms with E-state index in [0.717, 1.165) is 15.2 Å². The van der Waals surface area contributed by atoms with Crippen LogP contribution in [-0.2, 0) is 25.4 Å². The number of aromatic nitrogens is 5. The molecule has 16 heteroatoms. The van der Waals surface area contributed by atoms with Crippen LogP contribution >= 0.6 is 23.2 Å². The van der Waals surface area contributed by atoms with Crippen LogP contribution < -0.4 is 26.6 Å². The van der Waals surface area contributed by atoms with Gasteiger partial charge in [-0.1, -0.05) is 53.5 Å². The van der Waals surface area contributed by atoms with E-state index < -0.39 is 29.5 Å². The third-order valence-electron chi connectivity index (χ3n) is 8.38. The average molecular weight is 715 g/mol. The summed E-state index contributed by atoms with van der Waals surface area (Å²) in [6, 6.07) is 11.2. The Labute approximate surface area is 288 Å². The third-order valence-corrected chi connectivity index (χ3v) is 9.19. The first-order chi connectivity index (χ1) is 23.5. The zero-order valence-electron chi connectivity index (χ0n) is 26.5. The van der Waals surface area contributed by atoms with Crippen LogP contribution in [0.3, 0.4) is 0 Å². The summed E-state index contributed by atoms with van der Waals surface area (Å²) in [5.41, 5.74) is 0.781. The Balaban J connectivity index is 1.35. The van der Waals surface area contributed by atoms with Crippen LogP contribution in [0.5, 0.6) is 5.88 Å². The number of hydrogen-bond donors (Lipinski definition) is 3. The summed E-state index contributed by atoms with van der Waals surface area (Å²) in [6.07, 6.45) is -1.37. The highest BCUT2D eigenvalue weighted by atomic mass is 35.5. The lowest BCUT2D eigenvalue weighted by atomic mass is 10.0. The molecular formula is C33H31Cl2F2N7O5. The molecule has 3 aromatic heterocycles. The van der Waals surface area contributed by atoms with Crippen molar-refractivity contribution in [1.29, 1.82) is 0 Å². The van der Waals surface area contributed by atoms with Gasteiger partial charge < -0.3 is 25.2 Å². The molecule has 5 aromatic rings. The maximum Gasteiger partial charge on any atom is 0.330 e. The summed E-state index contributed by atoms with van der Waals surface area (Å²) >= 11 is 13.9. The highest BCUT2D eigenvalue weighted by Crippen LogP contribution is 2.42. The number of hydrogen-bond acceptors (Lipinski definition) is 10. The molecule has 0 bridgehead atoms. The van der Waals surface area contributed by atoms with E-state index in [1.54, 1.807) is 42.6 Å². The number of aryl methyl sites for hydroxylation is 1. The molecule has 12 nitrogen and oxygen atoms in total. The molecule has 4 heterocycles. The molecule has 0 spiro atoms. The van der Waals surface area contributed by atoms with Gasteiger partial charge in [0.1, 0.15) is 22.6 Å². The van der Waals surface area contributed by atoms with Gasteiger partial charge in [-0.15, -0.1) is 0 Å². The first kappa shape index (κ1) is 34.4. The second-order valence-corrected chi connectivity index (χ2v) is 12.1. The van der Waals surface area contributed by atoms with Crippen LogP contribution in [0.2, 0.25) is 10.0 Å². The molecule has 2 aromatic carbocycles. The summed E-state index contributed by atoms with van der Waals surface area (Å²) in [6.45, 7) is 1.13. The Morgan fingerprint density at radius 2 is 1.78 bits per heavy atom. The zero-order valence-corrected chi connectivity index (χ0v) is 28.0. The molecule has 0 aliphatic carbocycles. The molecule has 0 unspecified atom stereocenters. The number of nitrogens with one attached hydrogen (secondary N) is 2. The Kier molecular flexibility index (Phi) is 9.95. The summed E-state index contributed by atoms with van der Waals surface area (Å²) < 4.78 is 40.6. The molecule has 1 aliphatic rings. The molecule has 1 saturated heterocycles. The van der Waals surface area contributed by atoms with Crippen molar-refractivity contribution in [3.05, 3.63) is 90.9 Å². The number of nitrogens with zero attached hydrogens (tertiary/aromatic N) is 5. The van der Waals surface area contributed by atoms with Crippen molar-refractivity contribution < 1.29 is 23.4 Å². The zero-order chi connectivity index (χ0) is 35.0. The molecular weight excluding hydrogens is 683 g/mol. The minimum atomic E-state index is -2.97. The normalized spacial score (nSPS) is 16.3. The second-order valence-electron chi connectivity index (χ2n) is 11.4. The Bertz CT molecular complexity index is 2180. The molecule has 0 amide bonds. The van der Waals surface area contributed by atoms with Crippen molar-refractivity contribution >= 4 is 45.6 Å². The molecule has 6 rings (SSSR count). The molecule has 0 saturated carbocycles. The summed E-state index contributed by atoms with van der Waals surface area (Å²) in [7, 11) is 4.16. The second kappa shape index (κ2) is 14.2. The largest absolute Gasteiger partial charge is 0.480 e. The van der Waals surface area contributed by atoms with Gasteiger partial charge in [0.25, 0.3) is 12.0 Å². The minimum absolute atomic E-state index is 0.0107. The SMILES string of the molecule is COc1nc(-c2cccc(-c3cccc(Nc4nc(C(F)F)cc5c4c(=O)n(C)c(=O)n5C)c3Cl)c2Cl)cnc1CN[C@@H]1CCOC[C@@H]1O. The van der Waals surface area contributed by atoms with Crippen LogP contribution in [0.15, 0.2) is 58.3 Å². The fraction of sp³-hybridized carbons (Fsp3) is 0.303. The predicted molar refractivity (Wildman–Crippen MR) is 182 cm³/mol. The standard InChI is InChI=1S/C33H31Cl2F2N7O5/c1-43-24-12-21(29(36)37)41-30(26(24)32(46)44(2)33(43)47)40-20-9-5-7-17(28(20)35)16-6-4-8-18(27(16)34)22-13-39-23(31(42-22)48-3)14-38-19-10-11-49-15-25(19)45/h4-9,12-13,19,25,29,38,45H,10-11,14-15H2,1-3H3,(H,40,41)/t19-,25+/m1/s1. The molecule has 1 aliphatic heterocycles. The minimum Gasteiger partial charge on any atom is -0.480 e. The fourth-order valence-corrected chi connectivity index (χ4v) is 6.31. The van der Waals surface area contributed by atoms with E-state index in [1.807, 2.05) is 0 Å². The van der Waals surface area contributed by atoms with Crippen LogP contribution in [0.1, 0.15) is 24.2 Å². The van der Waals surface area contributed by atoms with Crippen LogP contribution in [0.4, 0.5) is 20.3 Å². The summed E-state index contributed by atoms with van der Waals surface area (Å²) in [5.74, 6) is 0.0952. The van der Waals surface area contributed by atoms with Crippen molar-refractivity contribution in [2.45, 2.75) is 31.5 Å². The van der Waals surface area contributed by atoms with Crippen molar-refractivity contribution in [2.24, 2.45) is 14.1 Å². The van der Waals surface area contributed by atoms with Crippen LogP contribution in [0.25, 0.3) is 33.3 Å². The fourth-order valence-electron chi connectivity index (χ4n) is 5.71. The number of aliphatic hydroxyl groups is 1. The van der Waals surface area contributed by atoms with E-state index in [-0.39, 0.29) is 46.0 Å². The van der Waals surface area contributed by atoms with Gasteiger partial charge in [0.2, 0.25) is 5.88 Å². The Hall–Kier alpha value is -4.47. The first-order valence-corrected chi connectivity index (χ1v) is 15.9. The van der Waals surface area contributed by atoms with Crippen molar-refractivity contribution in [3.8, 4) is 28.3 Å². The number of ether oxygens (including phenoxy) is 2. The number of halogens is 4. The smallest absolute Gasteiger partial charge is 0.330 e. The quantitative estimate of drug-likeness (QED) is 0.191. The lowest BCUT2D eigenvalue weighted by Crippen LogP contribution is -2.46. The number of alkyl halides is 2. The number of rotatable bonds is 9. The van der Waals surface area contributed by atoms with E-state index in [2.05, 4.69) is 25.6 Å². The van der Waals surface area contributed by atoms with Gasteiger partial charge in [-0.25, -0.2) is 23.5 Å². The van der Waals surface area contributed by atoms with Crippen molar-refractivity contribution in [2.75, 3.05) is 25.6 Å². The van der Waals surface area contributed by atoms with Gasteiger partial charge in [0, 0.05) is 50.0 Å². The average Bonchev–Trinajstić information content (AvgIpc) is 3.10. The van der Waals surface area contributed by atoms with E-state index in [9.17, 15) is 23.5 Å². The molecule has 256 valence electrons. The van der Waals surface area contributed by atoms with Gasteiger partial charge in [-0.05, 0) is 18.6 Å². The third kappa shape index (κ3) is 6.62. The number of methoxy groups -OCH3 is 1. The number of anilines is 2. The van der Waals surface area contributed by atoms with E-state index in [4.69, 9.17) is 32.7 Å². The number of aliphatic hydroxyl groups excluding tert-OH is 1. The van der Waals surface area contributed by atoms with Gasteiger partial charge in [0.15, 0.2) is 0 Å². The van der Waals surface area contributed by atoms with E-state index in [0.29, 0.717) is 52.7 Å². The van der Waals surface area contributed by atoms with Crippen LogP contribution in [-0.4, -0.2) is 61.7 Å². The van der Waals surface area contributed by atoms with Gasteiger partial charge in [-0.2, -0.15) is 0 Å². The van der Waals surface area contributed by atoms with E-state index >= 15 is 0 Å². The monoisotopic (exact) mass is 713 g/mol. The molecule has 49 heavy (non-hydrogen) atoms. The van der Waals surface area contributed by atoms with Crippen LogP contribution in [0, 0.1) is 0 Å². The van der Waals surface area contributed by atoms with Gasteiger partial charge >= 0.3 is 5.69 Å². The molecule has 0 radical (unpaired) electrons. The highest BCUT2D eigenvalue weighted by molar-refractivity contribution is 6.39. The maximum absolute atomic E-state index is 13.9. The lowest BCUT2D eigenvalue weighted by molar-refractivity contribution is -0.0281. The van der Waals surface area contributed by atoms with Crippen molar-refractivity contribution in [3.63, 3.8) is 0 Å². The van der Waals surface area contributed by atoms with Crippen molar-refractivity contribution in [1.82, 2.24) is 29.4 Å². The van der Waals surface area contributed by atoms with E-state index in [1.165, 1.54) is 21.2 Å². The highest BCUT2D eigenvalue weighted by Gasteiger charge is 2.25. The topological polar surface area (TPSA) is 145 Å². The molecule has 2 atom stereocenters. The lowest BCUT2D eigenvalue weighted by Gasteiger charge is -2.28. The Morgan fingerprint density at radius 1 is 1.06 bits per heavy atom. The predicted octanol–water partition coefficient (Wildman–Crippen LogP) is 4.99. The summed E-state index contributed by atoms with van der Waals surface area (Å²) in [5, 5.41) is 16.8. The van der Waals surface area contributed by atoms with Gasteiger partial charge in [-0.3, -0.25) is 18.9 Å². The number of benzene rings is 2. The maximum atomic E-state index is 13.9. The molecule has 3 N–H and O–H groups in total. The van der Waals surface area contributed by atoms with Gasteiger partial charge in [0.05, 0.1) is 53.0 Å². The number of pyridine rings is 1. The number of fused-ring (bicyclic) bond motifs is 1. The first-order valence-electron chi connectivity index (χ1n) is 15.1. The molecule has 1 fully saturated rings. The summed E-state index contributed by atoms with van der Waals surface area (Å²) in [4.78, 5) is 39.0. The Morgan fingerprint density at radius 3 is 2.49 bits per heavy atom.